The number of ether oxygens (including phenoxy) is 1. The third-order valence-electron chi connectivity index (χ3n) is 9.16. The van der Waals surface area contributed by atoms with Crippen LogP contribution in [0.2, 0.25) is 0 Å². The molecule has 0 saturated carbocycles. The van der Waals surface area contributed by atoms with Gasteiger partial charge in [-0.25, -0.2) is 0 Å². The van der Waals surface area contributed by atoms with E-state index in [1.807, 2.05) is 0 Å². The highest BCUT2D eigenvalue weighted by Crippen LogP contribution is 2.41. The van der Waals surface area contributed by atoms with E-state index in [1.165, 1.54) is 66.1 Å². The number of hydrogen-bond acceptors (Lipinski definition) is 1. The maximum absolute atomic E-state index is 6.73. The molecule has 0 fully saturated rings. The largest absolute Gasteiger partial charge is 0.458 e. The van der Waals surface area contributed by atoms with Gasteiger partial charge in [0.15, 0.2) is 0 Å². The van der Waals surface area contributed by atoms with Gasteiger partial charge >= 0.3 is 0 Å². The third-order valence-corrected chi connectivity index (χ3v) is 9.16. The van der Waals surface area contributed by atoms with Gasteiger partial charge in [-0.1, -0.05) is 102 Å². The van der Waals surface area contributed by atoms with E-state index in [2.05, 4.69) is 143 Å². The van der Waals surface area contributed by atoms with Crippen molar-refractivity contribution >= 4 is 44.9 Å². The zero-order chi connectivity index (χ0) is 28.3. The molecule has 0 spiro atoms. The van der Waals surface area contributed by atoms with Crippen molar-refractivity contribution in [1.82, 2.24) is 4.57 Å². The number of benzene rings is 5. The normalized spacial score (nSPS) is 13.8. The molecule has 0 saturated heterocycles. The minimum absolute atomic E-state index is 0.0196. The van der Waals surface area contributed by atoms with Crippen LogP contribution in [0, 0.1) is 0 Å². The lowest BCUT2D eigenvalue weighted by Gasteiger charge is -2.34. The molecule has 0 radical (unpaired) electrons. The summed E-state index contributed by atoms with van der Waals surface area (Å²) in [6.07, 6.45) is 0. The van der Waals surface area contributed by atoms with E-state index >= 15 is 0 Å². The summed E-state index contributed by atoms with van der Waals surface area (Å²) < 4.78 is 9.23. The first-order valence-corrected chi connectivity index (χ1v) is 14.7. The van der Waals surface area contributed by atoms with Gasteiger partial charge in [0, 0.05) is 22.0 Å². The Morgan fingerprint density at radius 3 is 2.10 bits per heavy atom. The van der Waals surface area contributed by atoms with Gasteiger partial charge in [0.25, 0.3) is 6.71 Å². The van der Waals surface area contributed by atoms with Crippen LogP contribution >= 0.6 is 0 Å². The minimum atomic E-state index is 0.0196. The van der Waals surface area contributed by atoms with Crippen molar-refractivity contribution in [2.45, 2.75) is 52.4 Å². The summed E-state index contributed by atoms with van der Waals surface area (Å²) in [5.41, 5.74) is 12.9. The van der Waals surface area contributed by atoms with Crippen LogP contribution in [0.3, 0.4) is 0 Å². The predicted octanol–water partition coefficient (Wildman–Crippen LogP) is 7.98. The Labute approximate surface area is 242 Å². The summed E-state index contributed by atoms with van der Waals surface area (Å²) in [4.78, 5) is 0. The number of nitrogens with zero attached hydrogens (tertiary/aromatic N) is 1. The van der Waals surface area contributed by atoms with Crippen LogP contribution in [-0.2, 0) is 10.8 Å². The third kappa shape index (κ3) is 3.51. The molecule has 0 N–H and O–H groups in total. The van der Waals surface area contributed by atoms with Gasteiger partial charge in [0.1, 0.15) is 11.5 Å². The molecule has 1 aromatic heterocycles. The first-order valence-electron chi connectivity index (χ1n) is 14.7. The van der Waals surface area contributed by atoms with Gasteiger partial charge in [-0.05, 0) is 85.9 Å². The molecule has 0 atom stereocenters. The molecule has 0 unspecified atom stereocenters. The Balaban J connectivity index is 1.48. The molecule has 2 aliphatic heterocycles. The molecule has 0 bridgehead atoms. The summed E-state index contributed by atoms with van der Waals surface area (Å²) in [6.45, 7) is 14.0. The minimum Gasteiger partial charge on any atom is -0.458 e. The molecular weight excluding hydrogens is 497 g/mol. The Morgan fingerprint density at radius 1 is 0.585 bits per heavy atom. The zero-order valence-corrected chi connectivity index (χ0v) is 24.7. The fraction of sp³-hybridized carbons (Fsp3) is 0.211. The van der Waals surface area contributed by atoms with Crippen molar-refractivity contribution in [2.24, 2.45) is 0 Å². The molecule has 3 heterocycles. The molecule has 2 nitrogen and oxygen atoms in total. The monoisotopic (exact) mass is 531 g/mol. The van der Waals surface area contributed by atoms with Crippen LogP contribution in [0.25, 0.3) is 38.6 Å². The number of hydrogen-bond donors (Lipinski definition) is 0. The van der Waals surface area contributed by atoms with Crippen molar-refractivity contribution < 1.29 is 4.74 Å². The molecule has 8 rings (SSSR count). The quantitative estimate of drug-likeness (QED) is 0.196. The molecular formula is C38H34BNO. The summed E-state index contributed by atoms with van der Waals surface area (Å²) in [5.74, 6) is 1.91. The first-order chi connectivity index (χ1) is 19.6. The number of rotatable bonds is 1. The van der Waals surface area contributed by atoms with Crippen LogP contribution in [0.1, 0.15) is 52.7 Å². The van der Waals surface area contributed by atoms with Crippen molar-refractivity contribution in [3.05, 3.63) is 108 Å². The highest BCUT2D eigenvalue weighted by Gasteiger charge is 2.41. The average molecular weight is 532 g/mol. The second-order valence-electron chi connectivity index (χ2n) is 13.9. The highest BCUT2D eigenvalue weighted by molar-refractivity contribution is 6.99. The zero-order valence-electron chi connectivity index (χ0n) is 24.7. The SMILES string of the molecule is CC(C)(C)c1ccc2c(c1)c1cc(C(C)(C)C)cc3c1n2-c1cccc2c1B3c1ccc(-c3ccccc3)cc1O2. The molecule has 5 aromatic carbocycles. The van der Waals surface area contributed by atoms with E-state index < -0.39 is 0 Å². The van der Waals surface area contributed by atoms with Gasteiger partial charge in [0.05, 0.1) is 5.52 Å². The molecule has 41 heavy (non-hydrogen) atoms. The number of fused-ring (bicyclic) bond motifs is 7. The average Bonchev–Trinajstić information content (AvgIpc) is 3.28. The summed E-state index contributed by atoms with van der Waals surface area (Å²) in [5, 5.41) is 2.68. The van der Waals surface area contributed by atoms with Crippen LogP contribution in [0.4, 0.5) is 0 Å². The van der Waals surface area contributed by atoms with Gasteiger partial charge < -0.3 is 9.30 Å². The van der Waals surface area contributed by atoms with Crippen molar-refractivity contribution in [1.29, 1.82) is 0 Å². The lowest BCUT2D eigenvalue weighted by atomic mass is 9.34. The van der Waals surface area contributed by atoms with E-state index in [0.717, 1.165) is 11.5 Å². The molecule has 6 aromatic rings. The lowest BCUT2D eigenvalue weighted by Crippen LogP contribution is -2.58. The molecule has 2 aliphatic rings. The highest BCUT2D eigenvalue weighted by atomic mass is 16.5. The fourth-order valence-corrected chi connectivity index (χ4v) is 6.92. The van der Waals surface area contributed by atoms with Crippen molar-refractivity contribution in [3.8, 4) is 28.3 Å². The van der Waals surface area contributed by atoms with Crippen molar-refractivity contribution in [2.75, 3.05) is 0 Å². The van der Waals surface area contributed by atoms with Crippen LogP contribution in [-0.4, -0.2) is 11.3 Å². The maximum Gasteiger partial charge on any atom is 0.256 e. The Hall–Kier alpha value is -4.24. The summed E-state index contributed by atoms with van der Waals surface area (Å²) >= 11 is 0. The van der Waals surface area contributed by atoms with Gasteiger partial charge in [0.2, 0.25) is 0 Å². The lowest BCUT2D eigenvalue weighted by molar-refractivity contribution is 0.487. The standard InChI is InChI=1S/C38H34BNO/c1-37(2,3)25-16-18-31-27(20-25)28-21-26(38(4,5)6)22-30-36(28)40(31)32-13-10-14-33-35(32)39(30)29-17-15-24(19-34(29)41-33)23-11-8-7-9-12-23/h7-22H,1-6H3. The second-order valence-corrected chi connectivity index (χ2v) is 13.9. The van der Waals surface area contributed by atoms with E-state index in [-0.39, 0.29) is 17.5 Å². The smallest absolute Gasteiger partial charge is 0.256 e. The van der Waals surface area contributed by atoms with Crippen LogP contribution in [0.5, 0.6) is 11.5 Å². The Kier molecular flexibility index (Phi) is 4.89. The van der Waals surface area contributed by atoms with Crippen LogP contribution in [0.15, 0.2) is 97.1 Å². The Bertz CT molecular complexity index is 2040. The van der Waals surface area contributed by atoms with Crippen molar-refractivity contribution in [3.63, 3.8) is 0 Å². The second kappa shape index (κ2) is 8.16. The van der Waals surface area contributed by atoms with Gasteiger partial charge in [-0.15, -0.1) is 0 Å². The summed E-state index contributed by atoms with van der Waals surface area (Å²) in [7, 11) is 0. The van der Waals surface area contributed by atoms with E-state index in [4.69, 9.17) is 4.74 Å². The molecule has 200 valence electrons. The topological polar surface area (TPSA) is 14.2 Å². The van der Waals surface area contributed by atoms with E-state index in [0.29, 0.717) is 0 Å². The summed E-state index contributed by atoms with van der Waals surface area (Å²) in [6, 6.07) is 35.9. The van der Waals surface area contributed by atoms with Crippen LogP contribution < -0.4 is 21.1 Å². The molecule has 3 heteroatoms. The molecule has 0 amide bonds. The van der Waals surface area contributed by atoms with E-state index in [1.54, 1.807) is 0 Å². The van der Waals surface area contributed by atoms with Gasteiger partial charge in [-0.2, -0.15) is 0 Å². The van der Waals surface area contributed by atoms with Gasteiger partial charge in [-0.3, -0.25) is 0 Å². The maximum atomic E-state index is 6.73. The fourth-order valence-electron chi connectivity index (χ4n) is 6.92. The molecule has 0 aliphatic carbocycles. The number of aromatic nitrogens is 1. The predicted molar refractivity (Wildman–Crippen MR) is 175 cm³/mol. The Morgan fingerprint density at radius 2 is 1.34 bits per heavy atom. The van der Waals surface area contributed by atoms with E-state index in [9.17, 15) is 0 Å². The first kappa shape index (κ1) is 24.6.